The van der Waals surface area contributed by atoms with E-state index in [1.807, 2.05) is 18.0 Å². The van der Waals surface area contributed by atoms with Gasteiger partial charge in [0, 0.05) is 50.6 Å². The van der Waals surface area contributed by atoms with Gasteiger partial charge < -0.3 is 23.7 Å². The number of hydrogen-bond donors (Lipinski definition) is 0. The topological polar surface area (TPSA) is 65.8 Å². The van der Waals surface area contributed by atoms with Crippen LogP contribution >= 0.6 is 0 Å². The molecule has 1 amide bonds. The van der Waals surface area contributed by atoms with E-state index in [0.717, 1.165) is 24.5 Å². The number of nitrogens with zero attached hydrogens (tertiary/aromatic N) is 3. The average molecular weight is 373 g/mol. The predicted molar refractivity (Wildman–Crippen MR) is 102 cm³/mol. The highest BCUT2D eigenvalue weighted by Gasteiger charge is 2.32. The van der Waals surface area contributed by atoms with E-state index < -0.39 is 0 Å². The van der Waals surface area contributed by atoms with E-state index in [1.54, 1.807) is 39.5 Å². The first kappa shape index (κ1) is 19.2. The lowest BCUT2D eigenvalue weighted by atomic mass is 10.1. The maximum Gasteiger partial charge on any atom is 0.257 e. The molecule has 7 nitrogen and oxygen atoms in total. The number of ether oxygens (including phenoxy) is 3. The standard InChI is InChI=1S/C20H27N3O4/c1-14-12-21-19(23(14)9-10-25-2)15-7-8-22(13-15)20(24)17-6-5-16(26-3)11-18(17)27-4/h5-6,11-12,15H,7-10,13H2,1-4H3. The second kappa shape index (κ2) is 8.43. The van der Waals surface area contributed by atoms with Crippen molar-refractivity contribution in [2.24, 2.45) is 0 Å². The van der Waals surface area contributed by atoms with Crippen molar-refractivity contribution in [3.05, 3.63) is 41.5 Å². The van der Waals surface area contributed by atoms with Crippen LogP contribution in [0.1, 0.15) is 34.2 Å². The number of likely N-dealkylation sites (tertiary alicyclic amines) is 1. The van der Waals surface area contributed by atoms with Crippen LogP contribution in [0.25, 0.3) is 0 Å². The fraction of sp³-hybridized carbons (Fsp3) is 0.500. The van der Waals surface area contributed by atoms with Gasteiger partial charge in [-0.2, -0.15) is 0 Å². The van der Waals surface area contributed by atoms with Gasteiger partial charge in [-0.05, 0) is 25.5 Å². The summed E-state index contributed by atoms with van der Waals surface area (Å²) in [5.74, 6) is 2.42. The smallest absolute Gasteiger partial charge is 0.257 e. The summed E-state index contributed by atoms with van der Waals surface area (Å²) in [6.45, 7) is 4.82. The molecule has 7 heteroatoms. The number of aromatic nitrogens is 2. The van der Waals surface area contributed by atoms with Crippen LogP contribution in [-0.4, -0.2) is 61.4 Å². The van der Waals surface area contributed by atoms with Crippen LogP contribution in [0.4, 0.5) is 0 Å². The molecule has 146 valence electrons. The van der Waals surface area contributed by atoms with Gasteiger partial charge in [0.25, 0.3) is 5.91 Å². The average Bonchev–Trinajstić information content (AvgIpc) is 3.32. The Morgan fingerprint density at radius 3 is 2.78 bits per heavy atom. The lowest BCUT2D eigenvalue weighted by Gasteiger charge is -2.19. The molecule has 1 unspecified atom stereocenters. The summed E-state index contributed by atoms with van der Waals surface area (Å²) in [7, 11) is 4.85. The van der Waals surface area contributed by atoms with Crippen LogP contribution in [0.2, 0.25) is 0 Å². The van der Waals surface area contributed by atoms with Crippen molar-refractivity contribution in [1.82, 2.24) is 14.5 Å². The van der Waals surface area contributed by atoms with Crippen LogP contribution in [0.15, 0.2) is 24.4 Å². The largest absolute Gasteiger partial charge is 0.497 e. The van der Waals surface area contributed by atoms with E-state index in [1.165, 1.54) is 0 Å². The van der Waals surface area contributed by atoms with Crippen LogP contribution in [-0.2, 0) is 11.3 Å². The number of carbonyl (C=O) groups is 1. The van der Waals surface area contributed by atoms with Crippen LogP contribution in [0.3, 0.4) is 0 Å². The van der Waals surface area contributed by atoms with Crippen molar-refractivity contribution in [2.45, 2.75) is 25.8 Å². The van der Waals surface area contributed by atoms with Gasteiger partial charge >= 0.3 is 0 Å². The zero-order valence-corrected chi connectivity index (χ0v) is 16.4. The van der Waals surface area contributed by atoms with Crippen molar-refractivity contribution in [3.63, 3.8) is 0 Å². The van der Waals surface area contributed by atoms with Crippen LogP contribution < -0.4 is 9.47 Å². The Kier molecular flexibility index (Phi) is 6.01. The highest BCUT2D eigenvalue weighted by Crippen LogP contribution is 2.31. The van der Waals surface area contributed by atoms with Crippen molar-refractivity contribution in [2.75, 3.05) is 41.0 Å². The normalized spacial score (nSPS) is 16.6. The van der Waals surface area contributed by atoms with Gasteiger partial charge in [0.05, 0.1) is 26.4 Å². The molecular formula is C20H27N3O4. The first-order chi connectivity index (χ1) is 13.1. The summed E-state index contributed by atoms with van der Waals surface area (Å²) in [5.41, 5.74) is 1.67. The minimum Gasteiger partial charge on any atom is -0.497 e. The summed E-state index contributed by atoms with van der Waals surface area (Å²) in [6, 6.07) is 5.28. The van der Waals surface area contributed by atoms with E-state index in [9.17, 15) is 4.79 Å². The Labute approximate surface area is 159 Å². The fourth-order valence-corrected chi connectivity index (χ4v) is 3.58. The number of methoxy groups -OCH3 is 3. The van der Waals surface area contributed by atoms with Gasteiger partial charge in [-0.15, -0.1) is 0 Å². The number of rotatable bonds is 7. The first-order valence-electron chi connectivity index (χ1n) is 9.11. The van der Waals surface area contributed by atoms with Gasteiger partial charge in [0.2, 0.25) is 0 Å². The summed E-state index contributed by atoms with van der Waals surface area (Å²) in [5, 5.41) is 0. The first-order valence-corrected chi connectivity index (χ1v) is 9.11. The van der Waals surface area contributed by atoms with Gasteiger partial charge in [-0.25, -0.2) is 4.98 Å². The second-order valence-electron chi connectivity index (χ2n) is 6.71. The number of aryl methyl sites for hydroxylation is 1. The summed E-state index contributed by atoms with van der Waals surface area (Å²) >= 11 is 0. The molecular weight excluding hydrogens is 346 g/mol. The highest BCUT2D eigenvalue weighted by molar-refractivity contribution is 5.97. The Hall–Kier alpha value is -2.54. The third-order valence-electron chi connectivity index (χ3n) is 5.08. The zero-order valence-electron chi connectivity index (χ0n) is 16.4. The molecule has 1 fully saturated rings. The molecule has 3 rings (SSSR count). The van der Waals surface area contributed by atoms with Gasteiger partial charge in [0.15, 0.2) is 0 Å². The molecule has 2 aromatic rings. The molecule has 0 bridgehead atoms. The molecule has 1 saturated heterocycles. The molecule has 1 aromatic heterocycles. The molecule has 1 aliphatic rings. The molecule has 0 spiro atoms. The maximum absolute atomic E-state index is 13.0. The lowest BCUT2D eigenvalue weighted by Crippen LogP contribution is -2.29. The van der Waals surface area contributed by atoms with Crippen molar-refractivity contribution in [3.8, 4) is 11.5 Å². The number of amides is 1. The zero-order chi connectivity index (χ0) is 19.4. The van der Waals surface area contributed by atoms with Crippen LogP contribution in [0, 0.1) is 6.92 Å². The Morgan fingerprint density at radius 2 is 2.07 bits per heavy atom. The fourth-order valence-electron chi connectivity index (χ4n) is 3.58. The Bertz CT molecular complexity index is 803. The second-order valence-corrected chi connectivity index (χ2v) is 6.71. The minimum atomic E-state index is -0.0243. The summed E-state index contributed by atoms with van der Waals surface area (Å²) < 4.78 is 18.0. The van der Waals surface area contributed by atoms with Crippen molar-refractivity contribution < 1.29 is 19.0 Å². The third kappa shape index (κ3) is 3.93. The van der Waals surface area contributed by atoms with Crippen molar-refractivity contribution in [1.29, 1.82) is 0 Å². The summed E-state index contributed by atoms with van der Waals surface area (Å²) in [6.07, 6.45) is 2.79. The Balaban J connectivity index is 1.76. The third-order valence-corrected chi connectivity index (χ3v) is 5.08. The van der Waals surface area contributed by atoms with E-state index in [2.05, 4.69) is 9.55 Å². The summed E-state index contributed by atoms with van der Waals surface area (Å²) in [4.78, 5) is 19.5. The predicted octanol–water partition coefficient (Wildman–Crippen LogP) is 2.48. The van der Waals surface area contributed by atoms with Gasteiger partial charge in [-0.1, -0.05) is 0 Å². The molecule has 1 aliphatic heterocycles. The van der Waals surface area contributed by atoms with Gasteiger partial charge in [0.1, 0.15) is 17.3 Å². The highest BCUT2D eigenvalue weighted by atomic mass is 16.5. The van der Waals surface area contributed by atoms with E-state index >= 15 is 0 Å². The SMILES string of the molecule is COCCn1c(C)cnc1C1CCN(C(=O)c2ccc(OC)cc2OC)C1. The van der Waals surface area contributed by atoms with E-state index in [-0.39, 0.29) is 11.8 Å². The number of imidazole rings is 1. The molecule has 1 atom stereocenters. The lowest BCUT2D eigenvalue weighted by molar-refractivity contribution is 0.0787. The molecule has 0 aliphatic carbocycles. The molecule has 27 heavy (non-hydrogen) atoms. The molecule has 0 saturated carbocycles. The van der Waals surface area contributed by atoms with E-state index in [4.69, 9.17) is 14.2 Å². The number of benzene rings is 1. The number of carbonyl (C=O) groups excluding carboxylic acids is 1. The van der Waals surface area contributed by atoms with Crippen LogP contribution in [0.5, 0.6) is 11.5 Å². The minimum absolute atomic E-state index is 0.0243. The molecule has 0 radical (unpaired) electrons. The molecule has 2 heterocycles. The van der Waals surface area contributed by atoms with E-state index in [0.29, 0.717) is 36.8 Å². The number of hydrogen-bond acceptors (Lipinski definition) is 5. The quantitative estimate of drug-likeness (QED) is 0.746. The maximum atomic E-state index is 13.0. The van der Waals surface area contributed by atoms with Crippen molar-refractivity contribution >= 4 is 5.91 Å². The molecule has 1 aromatic carbocycles. The molecule has 0 N–H and O–H groups in total. The van der Waals surface area contributed by atoms with Gasteiger partial charge in [-0.3, -0.25) is 4.79 Å². The Morgan fingerprint density at radius 1 is 1.26 bits per heavy atom. The monoisotopic (exact) mass is 373 g/mol.